The highest BCUT2D eigenvalue weighted by Crippen LogP contribution is 2.50. The molecule has 3 aliphatic rings. The number of epoxide rings is 1. The molecule has 2 heterocycles. The van der Waals surface area contributed by atoms with Crippen LogP contribution in [0.3, 0.4) is 0 Å². The predicted octanol–water partition coefficient (Wildman–Crippen LogP) is 2.30. The number of ether oxygens (including phenoxy) is 3. The first-order chi connectivity index (χ1) is 10.3. The zero-order valence-electron chi connectivity index (χ0n) is 13.3. The van der Waals surface area contributed by atoms with Crippen LogP contribution in [0.25, 0.3) is 0 Å². The summed E-state index contributed by atoms with van der Waals surface area (Å²) in [7, 11) is 0. The molecule has 5 nitrogen and oxygen atoms in total. The van der Waals surface area contributed by atoms with Crippen molar-refractivity contribution in [1.29, 1.82) is 0 Å². The molecule has 2 saturated heterocycles. The molecule has 0 radical (unpaired) electrons. The van der Waals surface area contributed by atoms with Gasteiger partial charge in [0.15, 0.2) is 0 Å². The molecular weight excluding hydrogens is 284 g/mol. The summed E-state index contributed by atoms with van der Waals surface area (Å²) in [5, 5.41) is 0. The van der Waals surface area contributed by atoms with E-state index in [0.717, 1.165) is 18.4 Å². The Kier molecular flexibility index (Phi) is 3.63. The normalized spacial score (nSPS) is 43.3. The second-order valence-electron chi connectivity index (χ2n) is 6.71. The van der Waals surface area contributed by atoms with Crippen molar-refractivity contribution < 1.29 is 23.8 Å². The third-order valence-corrected chi connectivity index (χ3v) is 4.88. The fourth-order valence-electron chi connectivity index (χ4n) is 3.63. The number of fused-ring (bicyclic) bond motifs is 3. The largest absolute Gasteiger partial charge is 0.461 e. The fraction of sp³-hybridized carbons (Fsp3) is 0.647. The molecule has 22 heavy (non-hydrogen) atoms. The summed E-state index contributed by atoms with van der Waals surface area (Å²) in [6.45, 7) is 9.30. The van der Waals surface area contributed by atoms with Gasteiger partial charge in [0.05, 0.1) is 11.5 Å². The van der Waals surface area contributed by atoms with Crippen LogP contribution in [-0.4, -0.2) is 35.9 Å². The van der Waals surface area contributed by atoms with Crippen molar-refractivity contribution in [3.05, 3.63) is 23.8 Å². The lowest BCUT2D eigenvalue weighted by atomic mass is 9.82. The van der Waals surface area contributed by atoms with Crippen molar-refractivity contribution in [3.63, 3.8) is 0 Å². The van der Waals surface area contributed by atoms with E-state index in [1.165, 1.54) is 6.92 Å². The third kappa shape index (κ3) is 2.58. The second-order valence-corrected chi connectivity index (χ2v) is 6.71. The van der Waals surface area contributed by atoms with Gasteiger partial charge in [0, 0.05) is 18.9 Å². The summed E-state index contributed by atoms with van der Waals surface area (Å²) in [6, 6.07) is 0. The van der Waals surface area contributed by atoms with Crippen LogP contribution < -0.4 is 0 Å². The van der Waals surface area contributed by atoms with Gasteiger partial charge < -0.3 is 14.2 Å². The maximum Gasteiger partial charge on any atom is 0.334 e. The molecule has 0 aromatic rings. The molecule has 0 N–H and O–H groups in total. The summed E-state index contributed by atoms with van der Waals surface area (Å²) in [5.74, 6) is -1.12. The van der Waals surface area contributed by atoms with Gasteiger partial charge in [-0.1, -0.05) is 18.2 Å². The first-order valence-corrected chi connectivity index (χ1v) is 7.72. The number of esters is 2. The number of carbonyl (C=O) groups excluding carboxylic acids is 2. The number of carbonyl (C=O) groups is 2. The molecule has 2 fully saturated rings. The van der Waals surface area contributed by atoms with Gasteiger partial charge in [-0.3, -0.25) is 4.79 Å². The topological polar surface area (TPSA) is 65.1 Å². The Balaban J connectivity index is 1.96. The van der Waals surface area contributed by atoms with Crippen molar-refractivity contribution in [2.75, 3.05) is 0 Å². The van der Waals surface area contributed by atoms with E-state index in [1.54, 1.807) is 0 Å². The summed E-state index contributed by atoms with van der Waals surface area (Å²) < 4.78 is 16.8. The Hall–Kier alpha value is -1.62. The Labute approximate surface area is 130 Å². The van der Waals surface area contributed by atoms with E-state index in [2.05, 4.69) is 12.7 Å². The summed E-state index contributed by atoms with van der Waals surface area (Å²) >= 11 is 0. The van der Waals surface area contributed by atoms with E-state index in [9.17, 15) is 9.59 Å². The maximum atomic E-state index is 12.0. The van der Waals surface area contributed by atoms with Crippen LogP contribution in [0.4, 0.5) is 0 Å². The molecule has 5 heteroatoms. The molecule has 120 valence electrons. The third-order valence-electron chi connectivity index (χ3n) is 4.88. The molecule has 0 aromatic heterocycles. The van der Waals surface area contributed by atoms with Crippen LogP contribution in [0, 0.1) is 5.92 Å². The lowest BCUT2D eigenvalue weighted by Gasteiger charge is -2.27. The van der Waals surface area contributed by atoms with E-state index in [1.807, 2.05) is 13.8 Å². The van der Waals surface area contributed by atoms with Crippen LogP contribution in [0.5, 0.6) is 0 Å². The van der Waals surface area contributed by atoms with E-state index in [0.29, 0.717) is 12.0 Å². The molecule has 0 saturated carbocycles. The van der Waals surface area contributed by atoms with Gasteiger partial charge in [0.2, 0.25) is 0 Å². The number of allylic oxidation sites excluding steroid dienone is 1. The van der Waals surface area contributed by atoms with Crippen LogP contribution in [0.1, 0.15) is 40.0 Å². The summed E-state index contributed by atoms with van der Waals surface area (Å²) in [6.07, 6.45) is 3.52. The Bertz CT molecular complexity index is 563. The van der Waals surface area contributed by atoms with E-state index in [-0.39, 0.29) is 23.6 Å². The van der Waals surface area contributed by atoms with Crippen molar-refractivity contribution in [3.8, 4) is 0 Å². The van der Waals surface area contributed by atoms with Gasteiger partial charge in [-0.15, -0.1) is 0 Å². The van der Waals surface area contributed by atoms with Gasteiger partial charge in [0.25, 0.3) is 0 Å². The Morgan fingerprint density at radius 2 is 2.23 bits per heavy atom. The van der Waals surface area contributed by atoms with E-state index in [4.69, 9.17) is 14.2 Å². The average molecular weight is 306 g/mol. The van der Waals surface area contributed by atoms with Gasteiger partial charge in [0.1, 0.15) is 18.3 Å². The van der Waals surface area contributed by atoms with Crippen molar-refractivity contribution in [2.24, 2.45) is 5.92 Å². The zero-order chi connectivity index (χ0) is 16.1. The van der Waals surface area contributed by atoms with Gasteiger partial charge in [-0.2, -0.15) is 0 Å². The second kappa shape index (κ2) is 5.23. The minimum atomic E-state index is -0.441. The average Bonchev–Trinajstić information content (AvgIpc) is 2.98. The van der Waals surface area contributed by atoms with Gasteiger partial charge in [-0.05, 0) is 26.7 Å². The van der Waals surface area contributed by atoms with Crippen molar-refractivity contribution in [1.82, 2.24) is 0 Å². The SMILES string of the molecule is C=C1C(=O)OC2C1C(OC(C)=O)C/C(C)=C/CCC1(C)OC21. The molecule has 0 amide bonds. The zero-order valence-corrected chi connectivity index (χ0v) is 13.3. The quantitative estimate of drug-likeness (QED) is 0.322. The minimum absolute atomic E-state index is 0.148. The molecule has 1 aliphatic carbocycles. The van der Waals surface area contributed by atoms with Crippen LogP contribution in [-0.2, 0) is 23.8 Å². The highest BCUT2D eigenvalue weighted by atomic mass is 16.6. The van der Waals surface area contributed by atoms with Crippen LogP contribution in [0.15, 0.2) is 23.8 Å². The number of rotatable bonds is 1. The molecular formula is C17H22O5. The smallest absolute Gasteiger partial charge is 0.334 e. The highest BCUT2D eigenvalue weighted by molar-refractivity contribution is 5.91. The molecule has 5 atom stereocenters. The first-order valence-electron chi connectivity index (χ1n) is 7.72. The van der Waals surface area contributed by atoms with Gasteiger partial charge in [-0.25, -0.2) is 4.79 Å². The van der Waals surface area contributed by atoms with E-state index >= 15 is 0 Å². The first kappa shape index (κ1) is 15.3. The maximum absolute atomic E-state index is 12.0. The molecule has 2 aliphatic heterocycles. The molecule has 0 aromatic carbocycles. The lowest BCUT2D eigenvalue weighted by molar-refractivity contribution is -0.150. The minimum Gasteiger partial charge on any atom is -0.461 e. The molecule has 5 unspecified atom stereocenters. The van der Waals surface area contributed by atoms with Gasteiger partial charge >= 0.3 is 11.9 Å². The predicted molar refractivity (Wildman–Crippen MR) is 79.0 cm³/mol. The molecule has 3 rings (SSSR count). The van der Waals surface area contributed by atoms with Crippen molar-refractivity contribution >= 4 is 11.9 Å². The van der Waals surface area contributed by atoms with Crippen molar-refractivity contribution in [2.45, 2.75) is 63.9 Å². The number of hydrogen-bond acceptors (Lipinski definition) is 5. The molecule has 0 bridgehead atoms. The monoisotopic (exact) mass is 306 g/mol. The van der Waals surface area contributed by atoms with Crippen LogP contribution >= 0.6 is 0 Å². The standard InChI is InChI=1S/C17H22O5/c1-9-6-5-7-17(4)15(22-17)14-13(10(2)16(19)21-14)12(8-9)20-11(3)18/h6,12-15H,2,5,7-8H2,1,3-4H3/b9-6+. The number of hydrogen-bond donors (Lipinski definition) is 0. The summed E-state index contributed by atoms with van der Waals surface area (Å²) in [4.78, 5) is 23.5. The highest BCUT2D eigenvalue weighted by Gasteiger charge is 2.63. The Morgan fingerprint density at radius 3 is 2.91 bits per heavy atom. The van der Waals surface area contributed by atoms with Crippen LogP contribution in [0.2, 0.25) is 0 Å². The van der Waals surface area contributed by atoms with E-state index < -0.39 is 18.2 Å². The fourth-order valence-corrected chi connectivity index (χ4v) is 3.63. The molecule has 0 spiro atoms. The summed E-state index contributed by atoms with van der Waals surface area (Å²) in [5.41, 5.74) is 1.24. The Morgan fingerprint density at radius 1 is 1.50 bits per heavy atom. The lowest BCUT2D eigenvalue weighted by Crippen LogP contribution is -2.38.